The van der Waals surface area contributed by atoms with Crippen LogP contribution in [0.2, 0.25) is 0 Å². The van der Waals surface area contributed by atoms with Gasteiger partial charge in [0.25, 0.3) is 5.56 Å². The highest BCUT2D eigenvalue weighted by Crippen LogP contribution is 2.27. The van der Waals surface area contributed by atoms with E-state index in [-0.39, 0.29) is 5.56 Å². The second kappa shape index (κ2) is 8.84. The lowest BCUT2D eigenvalue weighted by Crippen LogP contribution is -2.48. The molecule has 2 aromatic heterocycles. The first-order valence-corrected chi connectivity index (χ1v) is 11.7. The van der Waals surface area contributed by atoms with Crippen LogP contribution in [0.1, 0.15) is 54.6 Å². The molecule has 0 saturated carbocycles. The molecule has 1 saturated heterocycles. The zero-order valence-corrected chi connectivity index (χ0v) is 17.9. The van der Waals surface area contributed by atoms with Crippen LogP contribution in [0.15, 0.2) is 17.2 Å². The van der Waals surface area contributed by atoms with Gasteiger partial charge in [-0.15, -0.1) is 0 Å². The zero-order valence-electron chi connectivity index (χ0n) is 17.9. The Bertz CT molecular complexity index is 947. The van der Waals surface area contributed by atoms with Crippen LogP contribution in [0.5, 0.6) is 0 Å². The summed E-state index contributed by atoms with van der Waals surface area (Å²) in [6.45, 7) is 5.51. The fourth-order valence-corrected chi connectivity index (χ4v) is 5.13. The smallest absolute Gasteiger partial charge is 0.267 e. The molecule has 7 heteroatoms. The van der Waals surface area contributed by atoms with Gasteiger partial charge in [0.2, 0.25) is 0 Å². The van der Waals surface area contributed by atoms with E-state index in [2.05, 4.69) is 24.9 Å². The molecule has 0 N–H and O–H groups in total. The molecule has 5 rings (SSSR count). The lowest BCUT2D eigenvalue weighted by atomic mass is 9.97. The molecule has 0 atom stereocenters. The molecule has 0 bridgehead atoms. The second-order valence-corrected chi connectivity index (χ2v) is 8.90. The van der Waals surface area contributed by atoms with E-state index in [0.29, 0.717) is 6.54 Å². The summed E-state index contributed by atoms with van der Waals surface area (Å²) in [4.78, 5) is 26.5. The van der Waals surface area contributed by atoms with Crippen LogP contribution in [-0.2, 0) is 32.2 Å². The van der Waals surface area contributed by atoms with E-state index >= 15 is 0 Å². The summed E-state index contributed by atoms with van der Waals surface area (Å²) in [5.74, 6) is 1.16. The highest BCUT2D eigenvalue weighted by atomic mass is 16.1. The molecule has 3 aliphatic rings. The van der Waals surface area contributed by atoms with Crippen molar-refractivity contribution in [2.45, 2.75) is 64.3 Å². The molecule has 3 heterocycles. The van der Waals surface area contributed by atoms with Crippen LogP contribution in [0.25, 0.3) is 0 Å². The van der Waals surface area contributed by atoms with Crippen molar-refractivity contribution < 1.29 is 0 Å². The number of piperazine rings is 1. The van der Waals surface area contributed by atoms with Crippen LogP contribution >= 0.6 is 0 Å². The monoisotopic (exact) mass is 408 g/mol. The summed E-state index contributed by atoms with van der Waals surface area (Å²) in [7, 11) is 0. The minimum Gasteiger partial charge on any atom is -0.354 e. The largest absolute Gasteiger partial charge is 0.354 e. The molecule has 0 unspecified atom stereocenters. The maximum Gasteiger partial charge on any atom is 0.267 e. The average Bonchev–Trinajstić information content (AvgIpc) is 3.04. The Kier molecular flexibility index (Phi) is 5.79. The molecule has 0 amide bonds. The van der Waals surface area contributed by atoms with Gasteiger partial charge in [-0.2, -0.15) is 5.10 Å². The Morgan fingerprint density at radius 2 is 1.57 bits per heavy atom. The van der Waals surface area contributed by atoms with Crippen molar-refractivity contribution in [1.82, 2.24) is 24.6 Å². The number of hydrogen-bond acceptors (Lipinski definition) is 6. The molecule has 2 aliphatic carbocycles. The third kappa shape index (κ3) is 4.13. The van der Waals surface area contributed by atoms with Crippen molar-refractivity contribution in [2.24, 2.45) is 0 Å². The standard InChI is InChI=1S/C23H32N6O/c30-22-16-18-6-4-5-8-20(18)26-29(22)15-12-27-10-13-28(14-11-27)23-19-7-2-1-3-9-21(19)24-17-25-23/h16-17H,1-15H2. The topological polar surface area (TPSA) is 67.2 Å². The minimum atomic E-state index is 0.0537. The lowest BCUT2D eigenvalue weighted by molar-refractivity contribution is 0.241. The predicted octanol–water partition coefficient (Wildman–Crippen LogP) is 2.00. The molecule has 160 valence electrons. The van der Waals surface area contributed by atoms with Crippen molar-refractivity contribution in [3.8, 4) is 0 Å². The fourth-order valence-electron chi connectivity index (χ4n) is 5.13. The Labute approximate surface area is 178 Å². The summed E-state index contributed by atoms with van der Waals surface area (Å²) in [6.07, 6.45) is 12.1. The van der Waals surface area contributed by atoms with Gasteiger partial charge < -0.3 is 4.90 Å². The first-order chi connectivity index (χ1) is 14.8. The van der Waals surface area contributed by atoms with Gasteiger partial charge in [-0.05, 0) is 56.9 Å². The molecule has 0 radical (unpaired) electrons. The third-order valence-corrected chi connectivity index (χ3v) is 6.93. The SMILES string of the molecule is O=c1cc2c(nn1CCN1CCN(c3ncnc4c3CCCCC4)CC1)CCCC2. The van der Waals surface area contributed by atoms with Crippen LogP contribution < -0.4 is 10.5 Å². The summed E-state index contributed by atoms with van der Waals surface area (Å²) in [5, 5.41) is 4.67. The summed E-state index contributed by atoms with van der Waals surface area (Å²) in [6, 6.07) is 1.82. The Morgan fingerprint density at radius 3 is 2.47 bits per heavy atom. The van der Waals surface area contributed by atoms with Crippen molar-refractivity contribution in [3.05, 3.63) is 45.3 Å². The van der Waals surface area contributed by atoms with Crippen LogP contribution in [0.4, 0.5) is 5.82 Å². The van der Waals surface area contributed by atoms with Crippen molar-refractivity contribution in [2.75, 3.05) is 37.6 Å². The molecule has 0 aromatic carbocycles. The van der Waals surface area contributed by atoms with E-state index in [9.17, 15) is 4.79 Å². The maximum absolute atomic E-state index is 12.4. The Balaban J connectivity index is 1.20. The van der Waals surface area contributed by atoms with Gasteiger partial charge in [-0.25, -0.2) is 14.6 Å². The van der Waals surface area contributed by atoms with Crippen molar-refractivity contribution >= 4 is 5.82 Å². The highest BCUT2D eigenvalue weighted by Gasteiger charge is 2.23. The van der Waals surface area contributed by atoms with Crippen LogP contribution in [0.3, 0.4) is 0 Å². The molecule has 0 spiro atoms. The van der Waals surface area contributed by atoms with Gasteiger partial charge in [0.15, 0.2) is 0 Å². The van der Waals surface area contributed by atoms with E-state index in [4.69, 9.17) is 0 Å². The first-order valence-electron chi connectivity index (χ1n) is 11.7. The highest BCUT2D eigenvalue weighted by molar-refractivity contribution is 5.49. The number of aryl methyl sites for hydroxylation is 3. The third-order valence-electron chi connectivity index (χ3n) is 6.93. The summed E-state index contributed by atoms with van der Waals surface area (Å²) >= 11 is 0. The molecule has 2 aromatic rings. The van der Waals surface area contributed by atoms with E-state index < -0.39 is 0 Å². The summed E-state index contributed by atoms with van der Waals surface area (Å²) in [5.41, 5.74) is 5.00. The fraction of sp³-hybridized carbons (Fsp3) is 0.652. The van der Waals surface area contributed by atoms with E-state index in [1.165, 1.54) is 48.9 Å². The molecule has 7 nitrogen and oxygen atoms in total. The van der Waals surface area contributed by atoms with Crippen LogP contribution in [0, 0.1) is 0 Å². The number of anilines is 1. The minimum absolute atomic E-state index is 0.0537. The predicted molar refractivity (Wildman–Crippen MR) is 117 cm³/mol. The number of nitrogens with zero attached hydrogens (tertiary/aromatic N) is 6. The first kappa shape index (κ1) is 19.7. The zero-order chi connectivity index (χ0) is 20.3. The van der Waals surface area contributed by atoms with Gasteiger partial charge in [-0.3, -0.25) is 9.69 Å². The van der Waals surface area contributed by atoms with Crippen LogP contribution in [-0.4, -0.2) is 57.4 Å². The maximum atomic E-state index is 12.4. The number of rotatable bonds is 4. The molecular formula is C23H32N6O. The molecular weight excluding hydrogens is 376 g/mol. The van der Waals surface area contributed by atoms with Gasteiger partial charge in [0, 0.05) is 50.0 Å². The lowest BCUT2D eigenvalue weighted by Gasteiger charge is -2.36. The molecule has 30 heavy (non-hydrogen) atoms. The Morgan fingerprint density at radius 1 is 0.800 bits per heavy atom. The number of aromatic nitrogens is 4. The van der Waals surface area contributed by atoms with E-state index in [0.717, 1.165) is 69.9 Å². The van der Waals surface area contributed by atoms with E-state index in [1.807, 2.05) is 6.07 Å². The van der Waals surface area contributed by atoms with Gasteiger partial charge >= 0.3 is 0 Å². The van der Waals surface area contributed by atoms with Gasteiger partial charge in [0.1, 0.15) is 12.1 Å². The quantitative estimate of drug-likeness (QED) is 0.721. The van der Waals surface area contributed by atoms with Gasteiger partial charge in [0.05, 0.1) is 12.2 Å². The number of fused-ring (bicyclic) bond motifs is 2. The average molecular weight is 409 g/mol. The summed E-state index contributed by atoms with van der Waals surface area (Å²) < 4.78 is 1.68. The van der Waals surface area contributed by atoms with Crippen molar-refractivity contribution in [3.63, 3.8) is 0 Å². The normalized spacial score (nSPS) is 19.8. The number of hydrogen-bond donors (Lipinski definition) is 0. The molecule has 1 aliphatic heterocycles. The van der Waals surface area contributed by atoms with E-state index in [1.54, 1.807) is 11.0 Å². The van der Waals surface area contributed by atoms with Crippen molar-refractivity contribution in [1.29, 1.82) is 0 Å². The molecule has 1 fully saturated rings. The Hall–Kier alpha value is -2.28. The van der Waals surface area contributed by atoms with Gasteiger partial charge in [-0.1, -0.05) is 6.42 Å². The second-order valence-electron chi connectivity index (χ2n) is 8.90.